The number of aromatic nitrogens is 1. The van der Waals surface area contributed by atoms with E-state index >= 15 is 0 Å². The molecule has 3 heterocycles. The summed E-state index contributed by atoms with van der Waals surface area (Å²) in [5.41, 5.74) is 0.930. The Kier molecular flexibility index (Phi) is 3.05. The molecule has 1 atom stereocenters. The van der Waals surface area contributed by atoms with Gasteiger partial charge in [-0.25, -0.2) is 4.98 Å². The molecule has 0 bridgehead atoms. The number of halogens is 1. The van der Waals surface area contributed by atoms with Gasteiger partial charge in [-0.3, -0.25) is 0 Å². The Balaban J connectivity index is 1.87. The molecule has 3 nitrogen and oxygen atoms in total. The second-order valence-electron chi connectivity index (χ2n) is 4.55. The number of fused-ring (bicyclic) bond motifs is 1. The van der Waals surface area contributed by atoms with Crippen molar-refractivity contribution in [3.8, 4) is 0 Å². The molecule has 0 radical (unpaired) electrons. The smallest absolute Gasteiger partial charge is 0.139 e. The van der Waals surface area contributed by atoms with Crippen LogP contribution in [0.5, 0.6) is 0 Å². The van der Waals surface area contributed by atoms with Crippen LogP contribution in [-0.4, -0.2) is 23.4 Å². The van der Waals surface area contributed by atoms with Crippen molar-refractivity contribution < 1.29 is 4.42 Å². The van der Waals surface area contributed by atoms with Crippen LogP contribution in [0.1, 0.15) is 12.8 Å². The molecule has 1 unspecified atom stereocenters. The SMILES string of the molecule is BrCCC1CCN(c2nccc3occc23)C1. The van der Waals surface area contributed by atoms with E-state index in [0.29, 0.717) is 0 Å². The average Bonchev–Trinajstić information content (AvgIpc) is 2.96. The highest BCUT2D eigenvalue weighted by Crippen LogP contribution is 2.30. The van der Waals surface area contributed by atoms with Crippen LogP contribution in [0.15, 0.2) is 29.0 Å². The van der Waals surface area contributed by atoms with E-state index < -0.39 is 0 Å². The van der Waals surface area contributed by atoms with E-state index in [9.17, 15) is 0 Å². The fourth-order valence-corrected chi connectivity index (χ4v) is 3.19. The Morgan fingerprint density at radius 2 is 2.41 bits per heavy atom. The predicted octanol–water partition coefficient (Wildman–Crippen LogP) is 3.44. The summed E-state index contributed by atoms with van der Waals surface area (Å²) in [6.07, 6.45) is 6.08. The molecule has 3 rings (SSSR count). The van der Waals surface area contributed by atoms with Gasteiger partial charge >= 0.3 is 0 Å². The first-order chi connectivity index (χ1) is 8.38. The molecule has 2 aromatic rings. The van der Waals surface area contributed by atoms with E-state index in [-0.39, 0.29) is 0 Å². The van der Waals surface area contributed by atoms with Crippen molar-refractivity contribution in [2.45, 2.75) is 12.8 Å². The van der Waals surface area contributed by atoms with Gasteiger partial charge in [-0.15, -0.1) is 0 Å². The van der Waals surface area contributed by atoms with Crippen LogP contribution in [-0.2, 0) is 0 Å². The van der Waals surface area contributed by atoms with Gasteiger partial charge in [-0.05, 0) is 30.9 Å². The molecule has 1 aliphatic heterocycles. The number of hydrogen-bond acceptors (Lipinski definition) is 3. The monoisotopic (exact) mass is 294 g/mol. The maximum absolute atomic E-state index is 5.42. The van der Waals surface area contributed by atoms with Crippen molar-refractivity contribution in [3.05, 3.63) is 24.6 Å². The van der Waals surface area contributed by atoms with Crippen LogP contribution >= 0.6 is 15.9 Å². The van der Waals surface area contributed by atoms with E-state index in [1.165, 1.54) is 12.8 Å². The Hall–Kier alpha value is -1.03. The zero-order valence-corrected chi connectivity index (χ0v) is 11.2. The van der Waals surface area contributed by atoms with Crippen molar-refractivity contribution in [2.24, 2.45) is 5.92 Å². The molecule has 1 fully saturated rings. The number of hydrogen-bond donors (Lipinski definition) is 0. The number of furan rings is 1. The summed E-state index contributed by atoms with van der Waals surface area (Å²) in [6.45, 7) is 2.22. The zero-order chi connectivity index (χ0) is 11.7. The van der Waals surface area contributed by atoms with Crippen LogP contribution in [0, 0.1) is 5.92 Å². The molecular formula is C13H15BrN2O. The zero-order valence-electron chi connectivity index (χ0n) is 9.60. The van der Waals surface area contributed by atoms with Gasteiger partial charge in [-0.2, -0.15) is 0 Å². The van der Waals surface area contributed by atoms with Crippen LogP contribution in [0.3, 0.4) is 0 Å². The first-order valence-electron chi connectivity index (χ1n) is 6.01. The molecule has 0 amide bonds. The minimum Gasteiger partial charge on any atom is -0.464 e. The number of rotatable bonds is 3. The molecule has 2 aromatic heterocycles. The molecule has 0 aliphatic carbocycles. The molecule has 0 saturated carbocycles. The Labute approximate surface area is 109 Å². The summed E-state index contributed by atoms with van der Waals surface area (Å²) in [6, 6.07) is 3.93. The first kappa shape index (κ1) is 11.1. The van der Waals surface area contributed by atoms with Crippen molar-refractivity contribution in [1.82, 2.24) is 4.98 Å². The Morgan fingerprint density at radius 1 is 1.47 bits per heavy atom. The third-order valence-electron chi connectivity index (χ3n) is 3.46. The van der Waals surface area contributed by atoms with Crippen molar-refractivity contribution >= 4 is 32.7 Å². The van der Waals surface area contributed by atoms with Gasteiger partial charge in [0.15, 0.2) is 0 Å². The molecule has 0 aromatic carbocycles. The van der Waals surface area contributed by atoms with Crippen LogP contribution in [0.4, 0.5) is 5.82 Å². The van der Waals surface area contributed by atoms with E-state index in [1.54, 1.807) is 6.26 Å². The van der Waals surface area contributed by atoms with Gasteiger partial charge in [-0.1, -0.05) is 15.9 Å². The highest BCUT2D eigenvalue weighted by molar-refractivity contribution is 9.09. The molecule has 0 spiro atoms. The number of anilines is 1. The van der Waals surface area contributed by atoms with Gasteiger partial charge in [0.25, 0.3) is 0 Å². The van der Waals surface area contributed by atoms with Gasteiger partial charge in [0.2, 0.25) is 0 Å². The van der Waals surface area contributed by atoms with E-state index in [4.69, 9.17) is 4.42 Å². The third-order valence-corrected chi connectivity index (χ3v) is 3.92. The molecule has 0 N–H and O–H groups in total. The quantitative estimate of drug-likeness (QED) is 0.812. The largest absolute Gasteiger partial charge is 0.464 e. The first-order valence-corrected chi connectivity index (χ1v) is 7.14. The van der Waals surface area contributed by atoms with Crippen LogP contribution < -0.4 is 4.90 Å². The lowest BCUT2D eigenvalue weighted by molar-refractivity contribution is 0.575. The number of alkyl halides is 1. The second kappa shape index (κ2) is 4.69. The topological polar surface area (TPSA) is 29.3 Å². The maximum atomic E-state index is 5.42. The predicted molar refractivity (Wildman–Crippen MR) is 72.7 cm³/mol. The van der Waals surface area contributed by atoms with Gasteiger partial charge in [0, 0.05) is 24.6 Å². The lowest BCUT2D eigenvalue weighted by Gasteiger charge is -2.17. The lowest BCUT2D eigenvalue weighted by Crippen LogP contribution is -2.20. The second-order valence-corrected chi connectivity index (χ2v) is 5.34. The summed E-state index contributed by atoms with van der Waals surface area (Å²) < 4.78 is 5.42. The van der Waals surface area contributed by atoms with Gasteiger partial charge in [0.1, 0.15) is 11.4 Å². The fraction of sp³-hybridized carbons (Fsp3) is 0.462. The highest BCUT2D eigenvalue weighted by atomic mass is 79.9. The minimum atomic E-state index is 0.790. The van der Waals surface area contributed by atoms with Crippen LogP contribution in [0.2, 0.25) is 0 Å². The maximum Gasteiger partial charge on any atom is 0.139 e. The Morgan fingerprint density at radius 3 is 3.29 bits per heavy atom. The highest BCUT2D eigenvalue weighted by Gasteiger charge is 2.24. The standard InChI is InChI=1S/C13H15BrN2O/c14-5-1-10-3-7-16(9-10)13-11-4-8-17-12(11)2-6-15-13/h2,4,6,8,10H,1,3,5,7,9H2. The summed E-state index contributed by atoms with van der Waals surface area (Å²) in [5, 5.41) is 2.22. The molecule has 90 valence electrons. The summed E-state index contributed by atoms with van der Waals surface area (Å²) in [7, 11) is 0. The van der Waals surface area contributed by atoms with E-state index in [1.807, 2.05) is 18.3 Å². The van der Waals surface area contributed by atoms with E-state index in [0.717, 1.165) is 41.1 Å². The van der Waals surface area contributed by atoms with Crippen molar-refractivity contribution in [2.75, 3.05) is 23.3 Å². The summed E-state index contributed by atoms with van der Waals surface area (Å²) >= 11 is 3.52. The summed E-state index contributed by atoms with van der Waals surface area (Å²) in [4.78, 5) is 6.89. The third kappa shape index (κ3) is 2.06. The number of nitrogens with zero attached hydrogens (tertiary/aromatic N) is 2. The molecule has 17 heavy (non-hydrogen) atoms. The normalized spacial score (nSPS) is 20.3. The lowest BCUT2D eigenvalue weighted by atomic mass is 10.1. The number of pyridine rings is 1. The molecular weight excluding hydrogens is 280 g/mol. The fourth-order valence-electron chi connectivity index (χ4n) is 2.55. The van der Waals surface area contributed by atoms with Crippen LogP contribution in [0.25, 0.3) is 11.0 Å². The molecule has 1 aliphatic rings. The van der Waals surface area contributed by atoms with E-state index in [2.05, 4.69) is 25.8 Å². The van der Waals surface area contributed by atoms with Gasteiger partial charge < -0.3 is 9.32 Å². The Bertz CT molecular complexity index is 511. The summed E-state index contributed by atoms with van der Waals surface area (Å²) in [5.74, 6) is 1.87. The van der Waals surface area contributed by atoms with Crippen molar-refractivity contribution in [3.63, 3.8) is 0 Å². The minimum absolute atomic E-state index is 0.790. The van der Waals surface area contributed by atoms with Crippen molar-refractivity contribution in [1.29, 1.82) is 0 Å². The average molecular weight is 295 g/mol. The molecule has 1 saturated heterocycles. The van der Waals surface area contributed by atoms with Gasteiger partial charge in [0.05, 0.1) is 11.6 Å². The molecule has 4 heteroatoms.